The number of rotatable bonds is 9. The Labute approximate surface area is 175 Å². The molecule has 0 spiro atoms. The molecule has 29 heavy (non-hydrogen) atoms. The molecule has 2 aromatic heterocycles. The second-order valence-corrected chi connectivity index (χ2v) is 7.56. The van der Waals surface area contributed by atoms with Crippen molar-refractivity contribution in [3.05, 3.63) is 95.9 Å². The van der Waals surface area contributed by atoms with Gasteiger partial charge in [-0.25, -0.2) is 0 Å². The van der Waals surface area contributed by atoms with Crippen LogP contribution in [0.1, 0.15) is 38.3 Å². The van der Waals surface area contributed by atoms with Crippen LogP contribution in [0.4, 0.5) is 11.4 Å². The molecule has 0 aliphatic heterocycles. The van der Waals surface area contributed by atoms with Crippen molar-refractivity contribution >= 4 is 11.4 Å². The van der Waals surface area contributed by atoms with Crippen LogP contribution in [0.25, 0.3) is 0 Å². The van der Waals surface area contributed by atoms with Gasteiger partial charge in [0, 0.05) is 47.6 Å². The largest absolute Gasteiger partial charge is 0.359 e. The van der Waals surface area contributed by atoms with Crippen LogP contribution in [0.2, 0.25) is 0 Å². The summed E-state index contributed by atoms with van der Waals surface area (Å²) >= 11 is 0. The van der Waals surface area contributed by atoms with E-state index in [1.54, 1.807) is 12.4 Å². The third-order valence-electron chi connectivity index (χ3n) is 4.56. The van der Waals surface area contributed by atoms with Crippen molar-refractivity contribution in [3.63, 3.8) is 0 Å². The van der Waals surface area contributed by atoms with Crippen LogP contribution in [-0.2, 0) is 0 Å². The molecular weight excluding hydrogens is 356 g/mol. The molecule has 0 amide bonds. The van der Waals surface area contributed by atoms with Crippen LogP contribution in [0, 0.1) is 19.8 Å². The predicted octanol–water partition coefficient (Wildman–Crippen LogP) is 6.56. The molecule has 0 aromatic carbocycles. The normalized spacial score (nSPS) is 13.4. The molecule has 0 aliphatic carbocycles. The number of anilines is 2. The lowest BCUT2D eigenvalue weighted by Crippen LogP contribution is -1.99. The first-order valence-electron chi connectivity index (χ1n) is 9.91. The molecule has 4 heteroatoms. The summed E-state index contributed by atoms with van der Waals surface area (Å²) in [5, 5.41) is 6.75. The summed E-state index contributed by atoms with van der Waals surface area (Å²) in [5.74, 6) is 0.424. The quantitative estimate of drug-likeness (QED) is 0.477. The molecule has 1 atom stereocenters. The van der Waals surface area contributed by atoms with E-state index in [9.17, 15) is 0 Å². The van der Waals surface area contributed by atoms with E-state index in [-0.39, 0.29) is 0 Å². The van der Waals surface area contributed by atoms with Gasteiger partial charge in [-0.1, -0.05) is 31.2 Å². The van der Waals surface area contributed by atoms with Gasteiger partial charge < -0.3 is 10.6 Å². The average molecular weight is 389 g/mol. The van der Waals surface area contributed by atoms with Gasteiger partial charge in [-0.05, 0) is 75.4 Å². The van der Waals surface area contributed by atoms with E-state index in [0.29, 0.717) is 5.92 Å². The molecule has 2 heterocycles. The monoisotopic (exact) mass is 388 g/mol. The third-order valence-corrected chi connectivity index (χ3v) is 4.56. The fourth-order valence-corrected chi connectivity index (χ4v) is 2.89. The number of pyridine rings is 2. The first-order valence-corrected chi connectivity index (χ1v) is 9.91. The summed E-state index contributed by atoms with van der Waals surface area (Å²) in [6.45, 7) is 14.6. The minimum Gasteiger partial charge on any atom is -0.359 e. The summed E-state index contributed by atoms with van der Waals surface area (Å²) in [6.07, 6.45) is 16.8. The lowest BCUT2D eigenvalue weighted by atomic mass is 10.0. The highest BCUT2D eigenvalue weighted by molar-refractivity contribution is 5.54. The van der Waals surface area contributed by atoms with E-state index in [1.165, 1.54) is 5.57 Å². The fourth-order valence-electron chi connectivity index (χ4n) is 2.89. The number of allylic oxidation sites excluding steroid dienone is 6. The first kappa shape index (κ1) is 22.2. The van der Waals surface area contributed by atoms with Crippen molar-refractivity contribution in [3.8, 4) is 0 Å². The Morgan fingerprint density at radius 3 is 2.17 bits per heavy atom. The maximum absolute atomic E-state index is 4.13. The Morgan fingerprint density at radius 2 is 1.59 bits per heavy atom. The summed E-state index contributed by atoms with van der Waals surface area (Å²) in [7, 11) is 0. The molecule has 0 bridgehead atoms. The summed E-state index contributed by atoms with van der Waals surface area (Å²) in [4.78, 5) is 8.24. The Balaban J connectivity index is 1.86. The smallest absolute Gasteiger partial charge is 0.0444 e. The molecule has 152 valence electrons. The molecule has 0 saturated heterocycles. The summed E-state index contributed by atoms with van der Waals surface area (Å²) in [6, 6.07) is 3.95. The lowest BCUT2D eigenvalue weighted by Gasteiger charge is -2.10. The number of hydrogen-bond acceptors (Lipinski definition) is 4. The number of nitrogens with one attached hydrogen (secondary N) is 2. The second-order valence-electron chi connectivity index (χ2n) is 7.56. The Hall–Kier alpha value is -3.14. The van der Waals surface area contributed by atoms with Crippen molar-refractivity contribution in [2.24, 2.45) is 5.92 Å². The van der Waals surface area contributed by atoms with Gasteiger partial charge in [0.05, 0.1) is 0 Å². The third kappa shape index (κ3) is 7.78. The Bertz CT molecular complexity index is 922. The highest BCUT2D eigenvalue weighted by Crippen LogP contribution is 2.17. The van der Waals surface area contributed by atoms with Crippen molar-refractivity contribution in [2.45, 2.75) is 41.0 Å². The van der Waals surface area contributed by atoms with E-state index >= 15 is 0 Å². The summed E-state index contributed by atoms with van der Waals surface area (Å²) < 4.78 is 0. The molecule has 2 N–H and O–H groups in total. The molecule has 2 rings (SSSR count). The average Bonchev–Trinajstić information content (AvgIpc) is 2.68. The zero-order valence-electron chi connectivity index (χ0n) is 18.2. The fraction of sp³-hybridized carbons (Fsp3) is 0.280. The first-order chi connectivity index (χ1) is 13.8. The topological polar surface area (TPSA) is 49.8 Å². The van der Waals surface area contributed by atoms with E-state index in [2.05, 4.69) is 73.1 Å². The highest BCUT2D eigenvalue weighted by Gasteiger charge is 2.01. The maximum Gasteiger partial charge on any atom is 0.0444 e. The molecule has 0 radical (unpaired) electrons. The molecule has 0 aliphatic rings. The standard InChI is InChI=1S/C25H32N4/c1-18(7-9-22(5)28-24-11-13-26-16-20(24)3)15-19(2)8-10-23(6)29-25-12-14-27-17-21(25)4/h7-14,16-18H,5,15H2,1-4,6H3,(H,26,28)(H,27,29)/b9-7-,19-8+,23-10+. The van der Waals surface area contributed by atoms with Crippen LogP contribution in [0.15, 0.2) is 84.8 Å². The van der Waals surface area contributed by atoms with Gasteiger partial charge in [0.15, 0.2) is 0 Å². The van der Waals surface area contributed by atoms with Crippen LogP contribution in [-0.4, -0.2) is 9.97 Å². The summed E-state index contributed by atoms with van der Waals surface area (Å²) in [5.41, 5.74) is 7.68. The van der Waals surface area contributed by atoms with Crippen molar-refractivity contribution in [1.82, 2.24) is 9.97 Å². The van der Waals surface area contributed by atoms with Crippen LogP contribution in [0.3, 0.4) is 0 Å². The van der Waals surface area contributed by atoms with Crippen LogP contribution < -0.4 is 10.6 Å². The predicted molar refractivity (Wildman–Crippen MR) is 125 cm³/mol. The zero-order valence-corrected chi connectivity index (χ0v) is 18.2. The number of nitrogens with zero attached hydrogens (tertiary/aromatic N) is 2. The van der Waals surface area contributed by atoms with Gasteiger partial charge in [0.25, 0.3) is 0 Å². The molecule has 1 unspecified atom stereocenters. The molecular formula is C25H32N4. The van der Waals surface area contributed by atoms with E-state index in [4.69, 9.17) is 0 Å². The van der Waals surface area contributed by atoms with Gasteiger partial charge in [0.1, 0.15) is 0 Å². The van der Waals surface area contributed by atoms with Crippen LogP contribution >= 0.6 is 0 Å². The van der Waals surface area contributed by atoms with Crippen molar-refractivity contribution < 1.29 is 0 Å². The molecule has 4 nitrogen and oxygen atoms in total. The molecule has 2 aromatic rings. The number of hydrogen-bond donors (Lipinski definition) is 2. The van der Waals surface area contributed by atoms with Crippen LogP contribution in [0.5, 0.6) is 0 Å². The Morgan fingerprint density at radius 1 is 1.00 bits per heavy atom. The minimum absolute atomic E-state index is 0.424. The highest BCUT2D eigenvalue weighted by atomic mass is 14.9. The van der Waals surface area contributed by atoms with E-state index in [0.717, 1.165) is 40.3 Å². The zero-order chi connectivity index (χ0) is 21.2. The number of aromatic nitrogens is 2. The van der Waals surface area contributed by atoms with Gasteiger partial charge in [-0.2, -0.15) is 0 Å². The van der Waals surface area contributed by atoms with E-state index < -0.39 is 0 Å². The molecule has 0 fully saturated rings. The second kappa shape index (κ2) is 11.0. The van der Waals surface area contributed by atoms with E-state index in [1.807, 2.05) is 37.5 Å². The minimum atomic E-state index is 0.424. The van der Waals surface area contributed by atoms with Crippen molar-refractivity contribution in [2.75, 3.05) is 10.6 Å². The Kier molecular flexibility index (Phi) is 8.41. The van der Waals surface area contributed by atoms with Gasteiger partial charge in [0.2, 0.25) is 0 Å². The van der Waals surface area contributed by atoms with Crippen molar-refractivity contribution in [1.29, 1.82) is 0 Å². The maximum atomic E-state index is 4.13. The SMILES string of the molecule is C=C(/C=C\C(C)C/C(C)=C/C=C(\C)Nc1ccncc1C)Nc1ccncc1C. The number of aryl methyl sites for hydroxylation is 2. The molecule has 0 saturated carbocycles. The lowest BCUT2D eigenvalue weighted by molar-refractivity contribution is 0.716. The van der Waals surface area contributed by atoms with Gasteiger partial charge in [-0.3, -0.25) is 9.97 Å². The van der Waals surface area contributed by atoms with Gasteiger partial charge in [-0.15, -0.1) is 0 Å². The van der Waals surface area contributed by atoms with Gasteiger partial charge >= 0.3 is 0 Å².